The molecule has 5 heteroatoms. The summed E-state index contributed by atoms with van der Waals surface area (Å²) in [6.07, 6.45) is 0. The molecule has 5 nitrogen and oxygen atoms in total. The zero-order chi connectivity index (χ0) is 13.1. The van der Waals surface area contributed by atoms with Gasteiger partial charge in [0.05, 0.1) is 4.92 Å². The topological polar surface area (TPSA) is 58.4 Å². The Morgan fingerprint density at radius 2 is 2.17 bits per heavy atom. The van der Waals surface area contributed by atoms with E-state index in [1.165, 1.54) is 0 Å². The summed E-state index contributed by atoms with van der Waals surface area (Å²) in [5.74, 6) is 0. The van der Waals surface area contributed by atoms with E-state index in [-0.39, 0.29) is 16.7 Å². The molecule has 1 aromatic carbocycles. The van der Waals surface area contributed by atoms with Crippen molar-refractivity contribution in [1.29, 1.82) is 0 Å². The molecule has 0 amide bonds. The van der Waals surface area contributed by atoms with E-state index in [0.29, 0.717) is 6.04 Å². The van der Waals surface area contributed by atoms with Crippen LogP contribution in [0.15, 0.2) is 24.3 Å². The first-order valence-electron chi connectivity index (χ1n) is 6.35. The lowest BCUT2D eigenvalue weighted by molar-refractivity contribution is -0.386. The number of hydrogen-bond acceptors (Lipinski definition) is 4. The average molecular weight is 249 g/mol. The van der Waals surface area contributed by atoms with Gasteiger partial charge < -0.3 is 5.32 Å². The van der Waals surface area contributed by atoms with Gasteiger partial charge in [0.15, 0.2) is 0 Å². The van der Waals surface area contributed by atoms with E-state index in [4.69, 9.17) is 0 Å². The summed E-state index contributed by atoms with van der Waals surface area (Å²) in [5.41, 5.74) is 1.02. The molecule has 1 atom stereocenters. The summed E-state index contributed by atoms with van der Waals surface area (Å²) < 4.78 is 0. The first kappa shape index (κ1) is 13.0. The molecule has 1 fully saturated rings. The molecule has 1 aliphatic rings. The van der Waals surface area contributed by atoms with Gasteiger partial charge in [-0.15, -0.1) is 0 Å². The molecule has 18 heavy (non-hydrogen) atoms. The fourth-order valence-corrected chi connectivity index (χ4v) is 2.54. The Balaban J connectivity index is 2.26. The van der Waals surface area contributed by atoms with Gasteiger partial charge in [-0.3, -0.25) is 15.0 Å². The van der Waals surface area contributed by atoms with Gasteiger partial charge in [0, 0.05) is 36.8 Å². The number of rotatable bonds is 5. The third kappa shape index (κ3) is 2.37. The maximum Gasteiger partial charge on any atom is 0.274 e. The molecule has 1 N–H and O–H groups in total. The lowest BCUT2D eigenvalue weighted by Gasteiger charge is -2.41. The molecule has 0 radical (unpaired) electrons. The van der Waals surface area contributed by atoms with Crippen molar-refractivity contribution in [3.8, 4) is 0 Å². The zero-order valence-corrected chi connectivity index (χ0v) is 10.8. The van der Waals surface area contributed by atoms with Crippen LogP contribution in [0.25, 0.3) is 0 Å². The van der Waals surface area contributed by atoms with Crippen molar-refractivity contribution in [2.45, 2.75) is 25.9 Å². The van der Waals surface area contributed by atoms with Crippen LogP contribution < -0.4 is 5.32 Å². The Bertz CT molecular complexity index is 432. The summed E-state index contributed by atoms with van der Waals surface area (Å²) in [7, 11) is 0. The summed E-state index contributed by atoms with van der Waals surface area (Å²) in [5, 5.41) is 14.3. The van der Waals surface area contributed by atoms with Crippen LogP contribution in [0, 0.1) is 10.1 Å². The minimum atomic E-state index is -0.293. The lowest BCUT2D eigenvalue weighted by Crippen LogP contribution is -2.57. The largest absolute Gasteiger partial charge is 0.314 e. The van der Waals surface area contributed by atoms with Crippen LogP contribution in [-0.4, -0.2) is 35.5 Å². The van der Waals surface area contributed by atoms with Crippen molar-refractivity contribution < 1.29 is 4.92 Å². The summed E-state index contributed by atoms with van der Waals surface area (Å²) >= 11 is 0. The Morgan fingerprint density at radius 1 is 1.50 bits per heavy atom. The van der Waals surface area contributed by atoms with Crippen LogP contribution in [0.2, 0.25) is 0 Å². The molecule has 0 bridgehead atoms. The number of nitrogens with zero attached hydrogens (tertiary/aromatic N) is 2. The molecule has 1 heterocycles. The van der Waals surface area contributed by atoms with Crippen LogP contribution in [0.1, 0.15) is 25.5 Å². The maximum absolute atomic E-state index is 11.1. The van der Waals surface area contributed by atoms with E-state index in [0.717, 1.165) is 25.2 Å². The molecule has 0 aromatic heterocycles. The number of hydrogen-bond donors (Lipinski definition) is 1. The highest BCUT2D eigenvalue weighted by Gasteiger charge is 2.30. The number of nitro benzene ring substituents is 1. The normalized spacial score (nSPS) is 17.5. The summed E-state index contributed by atoms with van der Waals surface area (Å²) in [4.78, 5) is 13.1. The molecule has 1 aliphatic heterocycles. The third-order valence-corrected chi connectivity index (χ3v) is 3.68. The van der Waals surface area contributed by atoms with Crippen LogP contribution in [0.5, 0.6) is 0 Å². The van der Waals surface area contributed by atoms with E-state index in [9.17, 15) is 10.1 Å². The van der Waals surface area contributed by atoms with E-state index in [1.54, 1.807) is 12.1 Å². The molecule has 1 unspecified atom stereocenters. The standard InChI is InChI=1S/C13H19N3O2/c1-3-15(11-8-14-9-11)10(2)12-6-4-5-7-13(12)16(17)18/h4-7,10-11,14H,3,8-9H2,1-2H3. The van der Waals surface area contributed by atoms with E-state index in [2.05, 4.69) is 17.1 Å². The van der Waals surface area contributed by atoms with Crippen molar-refractivity contribution in [2.75, 3.05) is 19.6 Å². The van der Waals surface area contributed by atoms with Crippen molar-refractivity contribution in [2.24, 2.45) is 0 Å². The second-order valence-electron chi connectivity index (χ2n) is 4.63. The molecule has 1 saturated heterocycles. The fourth-order valence-electron chi connectivity index (χ4n) is 2.54. The van der Waals surface area contributed by atoms with Gasteiger partial charge in [-0.2, -0.15) is 0 Å². The number of benzene rings is 1. The van der Waals surface area contributed by atoms with Crippen molar-refractivity contribution in [3.05, 3.63) is 39.9 Å². The molecule has 2 rings (SSSR count). The van der Waals surface area contributed by atoms with E-state index < -0.39 is 0 Å². The lowest BCUT2D eigenvalue weighted by atomic mass is 10.0. The number of likely N-dealkylation sites (N-methyl/N-ethyl adjacent to an activating group) is 1. The molecule has 0 aliphatic carbocycles. The first-order valence-corrected chi connectivity index (χ1v) is 6.35. The third-order valence-electron chi connectivity index (χ3n) is 3.68. The molecular formula is C13H19N3O2. The number of para-hydroxylation sites is 1. The molecule has 0 spiro atoms. The minimum Gasteiger partial charge on any atom is -0.314 e. The number of nitrogens with one attached hydrogen (secondary N) is 1. The first-order chi connectivity index (χ1) is 8.65. The van der Waals surface area contributed by atoms with Crippen molar-refractivity contribution >= 4 is 5.69 Å². The van der Waals surface area contributed by atoms with Gasteiger partial charge in [0.1, 0.15) is 0 Å². The highest BCUT2D eigenvalue weighted by molar-refractivity contribution is 5.41. The average Bonchev–Trinajstić information content (AvgIpc) is 2.32. The monoisotopic (exact) mass is 249 g/mol. The molecule has 0 saturated carbocycles. The minimum absolute atomic E-state index is 0.0729. The van der Waals surface area contributed by atoms with Gasteiger partial charge in [0.2, 0.25) is 0 Å². The van der Waals surface area contributed by atoms with E-state index in [1.807, 2.05) is 19.1 Å². The second kappa shape index (κ2) is 5.46. The van der Waals surface area contributed by atoms with Gasteiger partial charge in [0.25, 0.3) is 5.69 Å². The highest BCUT2D eigenvalue weighted by atomic mass is 16.6. The Hall–Kier alpha value is -1.46. The predicted octanol–water partition coefficient (Wildman–Crippen LogP) is 1.95. The van der Waals surface area contributed by atoms with E-state index >= 15 is 0 Å². The van der Waals surface area contributed by atoms with Gasteiger partial charge in [-0.1, -0.05) is 25.1 Å². The van der Waals surface area contributed by atoms with Crippen LogP contribution in [0.3, 0.4) is 0 Å². The fraction of sp³-hybridized carbons (Fsp3) is 0.538. The summed E-state index contributed by atoms with van der Waals surface area (Å²) in [6, 6.07) is 7.59. The Morgan fingerprint density at radius 3 is 2.67 bits per heavy atom. The van der Waals surface area contributed by atoms with Crippen LogP contribution in [-0.2, 0) is 0 Å². The Kier molecular flexibility index (Phi) is 3.93. The van der Waals surface area contributed by atoms with Crippen LogP contribution >= 0.6 is 0 Å². The van der Waals surface area contributed by atoms with Gasteiger partial charge in [-0.05, 0) is 13.5 Å². The molecular weight excluding hydrogens is 230 g/mol. The quantitative estimate of drug-likeness (QED) is 0.640. The van der Waals surface area contributed by atoms with Gasteiger partial charge in [-0.25, -0.2) is 0 Å². The Labute approximate surface area is 107 Å². The second-order valence-corrected chi connectivity index (χ2v) is 4.63. The molecule has 1 aromatic rings. The number of nitro groups is 1. The van der Waals surface area contributed by atoms with Gasteiger partial charge >= 0.3 is 0 Å². The summed E-state index contributed by atoms with van der Waals surface area (Å²) in [6.45, 7) is 6.99. The predicted molar refractivity (Wildman–Crippen MR) is 70.5 cm³/mol. The molecule has 98 valence electrons. The zero-order valence-electron chi connectivity index (χ0n) is 10.8. The van der Waals surface area contributed by atoms with Crippen molar-refractivity contribution in [1.82, 2.24) is 10.2 Å². The SMILES string of the molecule is CCN(C1CNC1)C(C)c1ccccc1[N+](=O)[O-]. The maximum atomic E-state index is 11.1. The smallest absolute Gasteiger partial charge is 0.274 e. The highest BCUT2D eigenvalue weighted by Crippen LogP contribution is 2.30. The van der Waals surface area contributed by atoms with Crippen molar-refractivity contribution in [3.63, 3.8) is 0 Å². The van der Waals surface area contributed by atoms with Crippen LogP contribution in [0.4, 0.5) is 5.69 Å².